The van der Waals surface area contributed by atoms with Crippen molar-refractivity contribution in [1.29, 1.82) is 0 Å². The number of allylic oxidation sites excluding steroid dienone is 3. The number of benzene rings is 1. The van der Waals surface area contributed by atoms with E-state index in [1.54, 1.807) is 32.2 Å². The molecule has 0 aromatic heterocycles. The van der Waals surface area contributed by atoms with Gasteiger partial charge in [-0.25, -0.2) is 4.39 Å². The van der Waals surface area contributed by atoms with Crippen molar-refractivity contribution in [2.24, 2.45) is 11.8 Å². The minimum absolute atomic E-state index is 0.242. The quantitative estimate of drug-likeness (QED) is 0.734. The smallest absolute Gasteiger partial charge is 0.312 e. The average molecular weight is 332 g/mol. The zero-order valence-electron chi connectivity index (χ0n) is 15.0. The average Bonchev–Trinajstić information content (AvgIpc) is 2.56. The molecular weight excluding hydrogens is 307 g/mol. The lowest BCUT2D eigenvalue weighted by Gasteiger charge is -2.23. The molecular formula is C20H25FO3. The molecule has 1 aromatic rings. The van der Waals surface area contributed by atoms with Gasteiger partial charge in [-0.1, -0.05) is 31.6 Å². The van der Waals surface area contributed by atoms with Crippen molar-refractivity contribution in [3.05, 3.63) is 46.8 Å². The van der Waals surface area contributed by atoms with Crippen LogP contribution in [0.4, 0.5) is 4.39 Å². The minimum atomic E-state index is -0.303. The monoisotopic (exact) mass is 332 g/mol. The predicted octanol–water partition coefficient (Wildman–Crippen LogP) is 4.69. The molecule has 2 rings (SSSR count). The van der Waals surface area contributed by atoms with E-state index in [4.69, 9.17) is 9.47 Å². The van der Waals surface area contributed by atoms with Gasteiger partial charge >= 0.3 is 5.97 Å². The highest BCUT2D eigenvalue weighted by Crippen LogP contribution is 2.37. The molecule has 1 aliphatic rings. The Bertz CT molecular complexity index is 686. The van der Waals surface area contributed by atoms with Crippen molar-refractivity contribution in [2.75, 3.05) is 14.2 Å². The number of aryl methyl sites for hydroxylation is 1. The highest BCUT2D eigenvalue weighted by Gasteiger charge is 2.25. The highest BCUT2D eigenvalue weighted by atomic mass is 19.1. The molecule has 0 spiro atoms. The molecule has 0 aliphatic heterocycles. The van der Waals surface area contributed by atoms with Crippen LogP contribution in [-0.4, -0.2) is 20.2 Å². The van der Waals surface area contributed by atoms with E-state index in [1.165, 1.54) is 7.11 Å². The molecule has 0 amide bonds. The van der Waals surface area contributed by atoms with Crippen molar-refractivity contribution in [2.45, 2.75) is 33.6 Å². The van der Waals surface area contributed by atoms with Crippen LogP contribution in [0.15, 0.2) is 29.9 Å². The Hall–Kier alpha value is -2.10. The van der Waals surface area contributed by atoms with Gasteiger partial charge in [0.25, 0.3) is 0 Å². The molecule has 0 N–H and O–H groups in total. The van der Waals surface area contributed by atoms with Crippen LogP contribution in [0.1, 0.15) is 37.8 Å². The SMILES string of the molecule is COC(=O)C1C=CC(c2cc(OC)cc(C)c2F)=C(CC(C)C)C1. The van der Waals surface area contributed by atoms with Crippen LogP contribution in [0.2, 0.25) is 0 Å². The van der Waals surface area contributed by atoms with Crippen LogP contribution in [-0.2, 0) is 9.53 Å². The number of methoxy groups -OCH3 is 2. The van der Waals surface area contributed by atoms with Gasteiger partial charge in [0, 0.05) is 5.56 Å². The lowest BCUT2D eigenvalue weighted by atomic mass is 9.82. The van der Waals surface area contributed by atoms with Gasteiger partial charge in [-0.05, 0) is 49.0 Å². The first kappa shape index (κ1) is 18.2. The molecule has 1 aliphatic carbocycles. The van der Waals surface area contributed by atoms with Crippen molar-refractivity contribution in [3.63, 3.8) is 0 Å². The Morgan fingerprint density at radius 2 is 2.04 bits per heavy atom. The number of carbonyl (C=O) groups excluding carboxylic acids is 1. The normalized spacial score (nSPS) is 17.4. The lowest BCUT2D eigenvalue weighted by Crippen LogP contribution is -2.18. The van der Waals surface area contributed by atoms with E-state index in [9.17, 15) is 9.18 Å². The van der Waals surface area contributed by atoms with Crippen LogP contribution in [0.3, 0.4) is 0 Å². The van der Waals surface area contributed by atoms with Crippen molar-refractivity contribution in [1.82, 2.24) is 0 Å². The Morgan fingerprint density at radius 3 is 2.62 bits per heavy atom. The Balaban J connectivity index is 2.52. The molecule has 0 fully saturated rings. The summed E-state index contributed by atoms with van der Waals surface area (Å²) in [5.41, 5.74) is 3.00. The molecule has 24 heavy (non-hydrogen) atoms. The zero-order chi connectivity index (χ0) is 17.9. The summed E-state index contributed by atoms with van der Waals surface area (Å²) >= 11 is 0. The third-order valence-electron chi connectivity index (χ3n) is 4.25. The van der Waals surface area contributed by atoms with Gasteiger partial charge in [0.15, 0.2) is 0 Å². The summed E-state index contributed by atoms with van der Waals surface area (Å²) in [6.07, 6.45) is 5.02. The molecule has 0 radical (unpaired) electrons. The van der Waals surface area contributed by atoms with E-state index < -0.39 is 0 Å². The molecule has 1 unspecified atom stereocenters. The van der Waals surface area contributed by atoms with Crippen molar-refractivity contribution >= 4 is 11.5 Å². The second kappa shape index (κ2) is 7.65. The fraction of sp³-hybridized carbons (Fsp3) is 0.450. The number of ether oxygens (including phenoxy) is 2. The molecule has 0 saturated carbocycles. The topological polar surface area (TPSA) is 35.5 Å². The van der Waals surface area contributed by atoms with Crippen LogP contribution in [0.25, 0.3) is 5.57 Å². The van der Waals surface area contributed by atoms with Crippen LogP contribution >= 0.6 is 0 Å². The third-order valence-corrected chi connectivity index (χ3v) is 4.25. The second-order valence-corrected chi connectivity index (χ2v) is 6.61. The molecule has 3 nitrogen and oxygen atoms in total. The Morgan fingerprint density at radius 1 is 1.33 bits per heavy atom. The van der Waals surface area contributed by atoms with E-state index >= 15 is 0 Å². The molecule has 130 valence electrons. The standard InChI is InChI=1S/C20H25FO3/c1-12(2)8-15-10-14(20(22)24-5)6-7-17(15)18-11-16(23-4)9-13(3)19(18)21/h6-7,9,11-12,14H,8,10H2,1-5H3. The molecule has 0 bridgehead atoms. The van der Waals surface area contributed by atoms with Gasteiger partial charge in [-0.15, -0.1) is 0 Å². The third kappa shape index (κ3) is 3.86. The van der Waals surface area contributed by atoms with E-state index in [0.717, 1.165) is 17.6 Å². The van der Waals surface area contributed by atoms with E-state index in [-0.39, 0.29) is 17.7 Å². The molecule has 1 aromatic carbocycles. The molecule has 0 saturated heterocycles. The van der Waals surface area contributed by atoms with Crippen molar-refractivity contribution < 1.29 is 18.7 Å². The predicted molar refractivity (Wildman–Crippen MR) is 93.3 cm³/mol. The van der Waals surface area contributed by atoms with Crippen LogP contribution in [0, 0.1) is 24.6 Å². The van der Waals surface area contributed by atoms with Gasteiger partial charge in [-0.2, -0.15) is 0 Å². The zero-order valence-corrected chi connectivity index (χ0v) is 15.0. The van der Waals surface area contributed by atoms with Gasteiger partial charge < -0.3 is 9.47 Å². The van der Waals surface area contributed by atoms with Crippen molar-refractivity contribution in [3.8, 4) is 5.75 Å². The maximum Gasteiger partial charge on any atom is 0.312 e. The van der Waals surface area contributed by atoms with E-state index in [0.29, 0.717) is 29.2 Å². The maximum absolute atomic E-state index is 14.7. The summed E-state index contributed by atoms with van der Waals surface area (Å²) in [4.78, 5) is 11.9. The minimum Gasteiger partial charge on any atom is -0.497 e. The number of esters is 1. The van der Waals surface area contributed by atoms with E-state index in [1.807, 2.05) is 6.08 Å². The second-order valence-electron chi connectivity index (χ2n) is 6.61. The van der Waals surface area contributed by atoms with E-state index in [2.05, 4.69) is 13.8 Å². The van der Waals surface area contributed by atoms with Gasteiger partial charge in [0.2, 0.25) is 0 Å². The molecule has 0 heterocycles. The summed E-state index contributed by atoms with van der Waals surface area (Å²) in [5.74, 6) is 0.239. The van der Waals surface area contributed by atoms with Crippen LogP contribution < -0.4 is 4.74 Å². The number of hydrogen-bond donors (Lipinski definition) is 0. The number of hydrogen-bond acceptors (Lipinski definition) is 3. The molecule has 1 atom stereocenters. The Labute approximate surface area is 143 Å². The Kier molecular flexibility index (Phi) is 5.81. The fourth-order valence-corrected chi connectivity index (χ4v) is 3.10. The number of rotatable bonds is 5. The largest absolute Gasteiger partial charge is 0.497 e. The highest BCUT2D eigenvalue weighted by molar-refractivity contribution is 5.83. The van der Waals surface area contributed by atoms with Gasteiger partial charge in [0.1, 0.15) is 11.6 Å². The first-order chi connectivity index (χ1) is 11.4. The van der Waals surface area contributed by atoms with Gasteiger partial charge in [0.05, 0.1) is 20.1 Å². The van der Waals surface area contributed by atoms with Crippen LogP contribution in [0.5, 0.6) is 5.75 Å². The number of halogens is 1. The lowest BCUT2D eigenvalue weighted by molar-refractivity contribution is -0.143. The molecule has 4 heteroatoms. The van der Waals surface area contributed by atoms with Gasteiger partial charge in [-0.3, -0.25) is 4.79 Å². The summed E-state index contributed by atoms with van der Waals surface area (Å²) in [6.45, 7) is 5.96. The summed E-state index contributed by atoms with van der Waals surface area (Å²) < 4.78 is 24.9. The first-order valence-electron chi connectivity index (χ1n) is 8.19. The summed E-state index contributed by atoms with van der Waals surface area (Å²) in [5, 5.41) is 0. The summed E-state index contributed by atoms with van der Waals surface area (Å²) in [6, 6.07) is 3.41. The fourth-order valence-electron chi connectivity index (χ4n) is 3.10. The maximum atomic E-state index is 14.7. The summed E-state index contributed by atoms with van der Waals surface area (Å²) in [7, 11) is 2.96. The first-order valence-corrected chi connectivity index (χ1v) is 8.19. The number of carbonyl (C=O) groups is 1.